The van der Waals surface area contributed by atoms with Gasteiger partial charge >= 0.3 is 0 Å². The van der Waals surface area contributed by atoms with Crippen LogP contribution in [0.1, 0.15) is 40.5 Å². The molecule has 0 radical (unpaired) electrons. The van der Waals surface area contributed by atoms with E-state index in [1.165, 1.54) is 0 Å². The van der Waals surface area contributed by atoms with Crippen molar-refractivity contribution in [3.8, 4) is 0 Å². The van der Waals surface area contributed by atoms with Crippen LogP contribution in [0.25, 0.3) is 0 Å². The SMILES string of the molecule is CCNCC1CCN(C(=O)C2CSCN2C(=O)C(C)(C)C)CC1.Cl. The van der Waals surface area contributed by atoms with Crippen LogP contribution in [0.5, 0.6) is 0 Å². The highest BCUT2D eigenvalue weighted by Crippen LogP contribution is 2.29. The van der Waals surface area contributed by atoms with Gasteiger partial charge in [-0.15, -0.1) is 24.2 Å². The number of hydrogen-bond acceptors (Lipinski definition) is 4. The van der Waals surface area contributed by atoms with Gasteiger partial charge in [-0.2, -0.15) is 0 Å². The predicted octanol–water partition coefficient (Wildman–Crippen LogP) is 2.20. The molecule has 2 aliphatic rings. The number of amides is 2. The van der Waals surface area contributed by atoms with Crippen LogP contribution in [0.3, 0.4) is 0 Å². The molecule has 0 aromatic carbocycles. The fourth-order valence-electron chi connectivity index (χ4n) is 3.19. The van der Waals surface area contributed by atoms with Crippen molar-refractivity contribution in [1.29, 1.82) is 0 Å². The third kappa shape index (κ3) is 5.27. The van der Waals surface area contributed by atoms with E-state index < -0.39 is 5.41 Å². The summed E-state index contributed by atoms with van der Waals surface area (Å²) in [7, 11) is 0. The van der Waals surface area contributed by atoms with Crippen molar-refractivity contribution >= 4 is 36.0 Å². The lowest BCUT2D eigenvalue weighted by Gasteiger charge is -2.36. The van der Waals surface area contributed by atoms with Gasteiger partial charge in [0, 0.05) is 24.3 Å². The van der Waals surface area contributed by atoms with E-state index in [1.54, 1.807) is 16.7 Å². The average Bonchev–Trinajstić information content (AvgIpc) is 3.00. The van der Waals surface area contributed by atoms with Gasteiger partial charge in [-0.05, 0) is 31.8 Å². The average molecular weight is 378 g/mol. The first kappa shape index (κ1) is 21.6. The van der Waals surface area contributed by atoms with E-state index in [4.69, 9.17) is 0 Å². The Morgan fingerprint density at radius 1 is 1.21 bits per heavy atom. The Hall–Kier alpha value is -0.460. The minimum atomic E-state index is -0.428. The Morgan fingerprint density at radius 2 is 1.83 bits per heavy atom. The molecule has 2 saturated heterocycles. The first-order valence-electron chi connectivity index (χ1n) is 8.73. The summed E-state index contributed by atoms with van der Waals surface area (Å²) in [5, 5.41) is 3.40. The molecular formula is C17H32ClN3O2S. The van der Waals surface area contributed by atoms with Gasteiger partial charge in [0.1, 0.15) is 6.04 Å². The summed E-state index contributed by atoms with van der Waals surface area (Å²) in [6, 6.07) is -0.267. The highest BCUT2D eigenvalue weighted by atomic mass is 35.5. The molecule has 140 valence electrons. The first-order chi connectivity index (χ1) is 10.8. The van der Waals surface area contributed by atoms with E-state index in [9.17, 15) is 9.59 Å². The second-order valence-electron chi connectivity index (χ2n) is 7.62. The molecule has 0 bridgehead atoms. The molecule has 0 saturated carbocycles. The minimum absolute atomic E-state index is 0. The number of halogens is 1. The molecule has 2 fully saturated rings. The van der Waals surface area contributed by atoms with E-state index in [-0.39, 0.29) is 30.3 Å². The van der Waals surface area contributed by atoms with E-state index in [1.807, 2.05) is 25.7 Å². The summed E-state index contributed by atoms with van der Waals surface area (Å²) in [6.07, 6.45) is 2.12. The number of hydrogen-bond donors (Lipinski definition) is 1. The maximum atomic E-state index is 12.9. The van der Waals surface area contributed by atoms with E-state index in [0.29, 0.717) is 11.8 Å². The van der Waals surface area contributed by atoms with Gasteiger partial charge < -0.3 is 15.1 Å². The van der Waals surface area contributed by atoms with Crippen molar-refractivity contribution in [2.24, 2.45) is 11.3 Å². The molecule has 1 unspecified atom stereocenters. The zero-order chi connectivity index (χ0) is 17.0. The number of likely N-dealkylation sites (tertiary alicyclic amines) is 1. The summed E-state index contributed by atoms with van der Waals surface area (Å²) >= 11 is 1.69. The predicted molar refractivity (Wildman–Crippen MR) is 103 cm³/mol. The van der Waals surface area contributed by atoms with Gasteiger partial charge in [-0.3, -0.25) is 9.59 Å². The molecule has 7 heteroatoms. The molecule has 0 aromatic heterocycles. The van der Waals surface area contributed by atoms with Crippen LogP contribution in [-0.2, 0) is 9.59 Å². The Balaban J connectivity index is 0.00000288. The Labute approximate surface area is 156 Å². The van der Waals surface area contributed by atoms with Gasteiger partial charge in [0.05, 0.1) is 5.88 Å². The molecule has 2 amide bonds. The lowest BCUT2D eigenvalue weighted by Crippen LogP contribution is -2.53. The van der Waals surface area contributed by atoms with Crippen molar-refractivity contribution in [2.45, 2.75) is 46.6 Å². The monoisotopic (exact) mass is 377 g/mol. The maximum Gasteiger partial charge on any atom is 0.246 e. The second kappa shape index (κ2) is 9.30. The van der Waals surface area contributed by atoms with Crippen molar-refractivity contribution in [3.63, 3.8) is 0 Å². The summed E-state index contributed by atoms with van der Waals surface area (Å²) in [5.41, 5.74) is -0.428. The van der Waals surface area contributed by atoms with Crippen molar-refractivity contribution in [2.75, 3.05) is 37.8 Å². The van der Waals surface area contributed by atoms with Gasteiger partial charge in [0.2, 0.25) is 11.8 Å². The highest BCUT2D eigenvalue weighted by Gasteiger charge is 2.41. The van der Waals surface area contributed by atoms with E-state index in [0.717, 1.165) is 44.8 Å². The third-order valence-electron chi connectivity index (χ3n) is 4.68. The van der Waals surface area contributed by atoms with Crippen LogP contribution in [0, 0.1) is 11.3 Å². The van der Waals surface area contributed by atoms with Crippen LogP contribution in [0.4, 0.5) is 0 Å². The molecule has 0 aliphatic carbocycles. The van der Waals surface area contributed by atoms with Crippen molar-refractivity contribution in [3.05, 3.63) is 0 Å². The lowest BCUT2D eigenvalue weighted by atomic mass is 9.93. The largest absolute Gasteiger partial charge is 0.341 e. The summed E-state index contributed by atoms with van der Waals surface area (Å²) in [4.78, 5) is 29.2. The van der Waals surface area contributed by atoms with Crippen LogP contribution in [-0.4, -0.2) is 65.5 Å². The van der Waals surface area contributed by atoms with E-state index >= 15 is 0 Å². The Bertz CT molecular complexity index is 434. The van der Waals surface area contributed by atoms with Gasteiger partial charge in [0.25, 0.3) is 0 Å². The number of piperidine rings is 1. The molecule has 1 N–H and O–H groups in total. The van der Waals surface area contributed by atoms with Crippen molar-refractivity contribution in [1.82, 2.24) is 15.1 Å². The smallest absolute Gasteiger partial charge is 0.246 e. The molecule has 24 heavy (non-hydrogen) atoms. The molecule has 5 nitrogen and oxygen atoms in total. The number of nitrogens with zero attached hydrogens (tertiary/aromatic N) is 2. The van der Waals surface area contributed by atoms with Crippen LogP contribution >= 0.6 is 24.2 Å². The number of thioether (sulfide) groups is 1. The summed E-state index contributed by atoms with van der Waals surface area (Å²) in [6.45, 7) is 11.6. The normalized spacial score (nSPS) is 22.4. The fourth-order valence-corrected chi connectivity index (χ4v) is 4.34. The molecule has 2 rings (SSSR count). The standard InChI is InChI=1S/C17H31N3O2S.ClH/c1-5-18-10-13-6-8-19(9-7-13)15(21)14-11-23-12-20(14)16(22)17(2,3)4;/h13-14,18H,5-12H2,1-4H3;1H. The fraction of sp³-hybridized carbons (Fsp3) is 0.882. The van der Waals surface area contributed by atoms with Crippen LogP contribution in [0.15, 0.2) is 0 Å². The number of nitrogens with one attached hydrogen (secondary N) is 1. The first-order valence-corrected chi connectivity index (χ1v) is 9.88. The molecule has 2 heterocycles. The topological polar surface area (TPSA) is 52.7 Å². The minimum Gasteiger partial charge on any atom is -0.341 e. The van der Waals surface area contributed by atoms with Crippen molar-refractivity contribution < 1.29 is 9.59 Å². The lowest BCUT2D eigenvalue weighted by molar-refractivity contribution is -0.148. The summed E-state index contributed by atoms with van der Waals surface area (Å²) < 4.78 is 0. The maximum absolute atomic E-state index is 12.9. The third-order valence-corrected chi connectivity index (χ3v) is 5.69. The molecule has 1 atom stereocenters. The summed E-state index contributed by atoms with van der Waals surface area (Å²) in [5.74, 6) is 2.28. The zero-order valence-electron chi connectivity index (χ0n) is 15.3. The molecular weight excluding hydrogens is 346 g/mol. The van der Waals surface area contributed by atoms with Gasteiger partial charge in [0.15, 0.2) is 0 Å². The van der Waals surface area contributed by atoms with E-state index in [2.05, 4.69) is 12.2 Å². The van der Waals surface area contributed by atoms with Crippen LogP contribution in [0.2, 0.25) is 0 Å². The second-order valence-corrected chi connectivity index (χ2v) is 8.62. The van der Waals surface area contributed by atoms with Gasteiger partial charge in [-0.25, -0.2) is 0 Å². The molecule has 2 aliphatic heterocycles. The Kier molecular flexibility index (Phi) is 8.36. The highest BCUT2D eigenvalue weighted by molar-refractivity contribution is 7.99. The Morgan fingerprint density at radius 3 is 2.38 bits per heavy atom. The van der Waals surface area contributed by atoms with Crippen LogP contribution < -0.4 is 5.32 Å². The number of rotatable bonds is 4. The zero-order valence-corrected chi connectivity index (χ0v) is 17.0. The number of carbonyl (C=O) groups excluding carboxylic acids is 2. The molecule has 0 aromatic rings. The quantitative estimate of drug-likeness (QED) is 0.816. The number of carbonyl (C=O) groups is 2. The molecule has 0 spiro atoms. The van der Waals surface area contributed by atoms with Gasteiger partial charge in [-0.1, -0.05) is 27.7 Å².